The van der Waals surface area contributed by atoms with Crippen molar-refractivity contribution in [3.8, 4) is 0 Å². The molecular formula is C22H18N2O4S2. The number of thiazole rings is 1. The molecule has 0 unspecified atom stereocenters. The minimum atomic E-state index is -4.12. The van der Waals surface area contributed by atoms with E-state index in [0.717, 1.165) is 10.3 Å². The molecule has 152 valence electrons. The number of benzene rings is 3. The fourth-order valence-corrected chi connectivity index (χ4v) is 5.88. The first-order chi connectivity index (χ1) is 14.3. The number of para-hydroxylation sites is 1. The van der Waals surface area contributed by atoms with Crippen molar-refractivity contribution in [1.29, 1.82) is 0 Å². The highest BCUT2D eigenvalue weighted by Crippen LogP contribution is 2.38. The topological polar surface area (TPSA) is 87.6 Å². The van der Waals surface area contributed by atoms with Crippen LogP contribution in [-0.4, -0.2) is 24.5 Å². The minimum Gasteiger partial charge on any atom is -0.478 e. The van der Waals surface area contributed by atoms with Gasteiger partial charge in [0.25, 0.3) is 10.0 Å². The number of hydrogen-bond donors (Lipinski definition) is 1. The standard InChI is InChI=1S/C22H18N2O4S2/c1-14-8-11-19-20(12-14)29-22(23-19)24(16-6-4-3-5-7-16)30(27,28)17-10-9-15(2)18(13-17)21(25)26/h3-13H,1-2H3,(H,25,26). The number of sulfonamides is 1. The number of fused-ring (bicyclic) bond motifs is 1. The number of hydrogen-bond acceptors (Lipinski definition) is 5. The molecule has 0 aliphatic rings. The van der Waals surface area contributed by atoms with E-state index in [4.69, 9.17) is 0 Å². The second-order valence-corrected chi connectivity index (χ2v) is 9.65. The average molecular weight is 439 g/mol. The average Bonchev–Trinajstić information content (AvgIpc) is 3.10. The first-order valence-corrected chi connectivity index (χ1v) is 11.3. The van der Waals surface area contributed by atoms with Gasteiger partial charge in [-0.15, -0.1) is 0 Å². The van der Waals surface area contributed by atoms with Crippen molar-refractivity contribution < 1.29 is 18.3 Å². The Morgan fingerprint density at radius 2 is 1.73 bits per heavy atom. The Labute approximate surface area is 178 Å². The predicted octanol–water partition coefficient (Wildman–Crippen LogP) is 5.14. The maximum atomic E-state index is 13.7. The number of rotatable bonds is 5. The van der Waals surface area contributed by atoms with Crippen molar-refractivity contribution in [2.75, 3.05) is 4.31 Å². The van der Waals surface area contributed by atoms with Crippen LogP contribution in [0.4, 0.5) is 10.8 Å². The molecule has 0 amide bonds. The van der Waals surface area contributed by atoms with Crippen LogP contribution in [0.2, 0.25) is 0 Å². The summed E-state index contributed by atoms with van der Waals surface area (Å²) in [5.41, 5.74) is 2.61. The minimum absolute atomic E-state index is 0.0518. The second-order valence-electron chi connectivity index (χ2n) is 6.85. The van der Waals surface area contributed by atoms with Crippen LogP contribution in [0.1, 0.15) is 21.5 Å². The normalized spacial score (nSPS) is 11.5. The van der Waals surface area contributed by atoms with Crippen LogP contribution in [0, 0.1) is 13.8 Å². The maximum Gasteiger partial charge on any atom is 0.335 e. The zero-order chi connectivity index (χ0) is 21.5. The van der Waals surface area contributed by atoms with Crippen LogP contribution < -0.4 is 4.31 Å². The lowest BCUT2D eigenvalue weighted by Gasteiger charge is -2.22. The Balaban J connectivity index is 1.94. The van der Waals surface area contributed by atoms with Crippen LogP contribution in [0.5, 0.6) is 0 Å². The van der Waals surface area contributed by atoms with E-state index in [2.05, 4.69) is 4.98 Å². The molecule has 0 fully saturated rings. The lowest BCUT2D eigenvalue weighted by molar-refractivity contribution is 0.0696. The van der Waals surface area contributed by atoms with Gasteiger partial charge in [-0.1, -0.05) is 41.7 Å². The summed E-state index contributed by atoms with van der Waals surface area (Å²) in [5, 5.41) is 9.72. The Hall–Kier alpha value is -3.23. The Bertz CT molecular complexity index is 1360. The molecule has 0 aliphatic heterocycles. The molecule has 1 N–H and O–H groups in total. The van der Waals surface area contributed by atoms with E-state index >= 15 is 0 Å². The molecule has 6 nitrogen and oxygen atoms in total. The van der Waals surface area contributed by atoms with Crippen LogP contribution >= 0.6 is 11.3 Å². The van der Waals surface area contributed by atoms with Crippen molar-refractivity contribution in [2.45, 2.75) is 18.7 Å². The van der Waals surface area contributed by atoms with Crippen molar-refractivity contribution >= 4 is 48.4 Å². The molecule has 1 aromatic heterocycles. The van der Waals surface area contributed by atoms with Crippen molar-refractivity contribution in [1.82, 2.24) is 4.98 Å². The number of carbonyl (C=O) groups is 1. The van der Waals surface area contributed by atoms with Crippen LogP contribution in [0.25, 0.3) is 10.2 Å². The van der Waals surface area contributed by atoms with Crippen molar-refractivity contribution in [3.63, 3.8) is 0 Å². The van der Waals surface area contributed by atoms with Crippen LogP contribution in [0.15, 0.2) is 71.6 Å². The highest BCUT2D eigenvalue weighted by Gasteiger charge is 2.30. The molecule has 30 heavy (non-hydrogen) atoms. The van der Waals surface area contributed by atoms with Crippen molar-refractivity contribution in [2.24, 2.45) is 0 Å². The zero-order valence-corrected chi connectivity index (χ0v) is 17.9. The van der Waals surface area contributed by atoms with Gasteiger partial charge >= 0.3 is 5.97 Å². The summed E-state index contributed by atoms with van der Waals surface area (Å²) >= 11 is 1.27. The van der Waals surface area contributed by atoms with Gasteiger partial charge in [0.15, 0.2) is 0 Å². The highest BCUT2D eigenvalue weighted by molar-refractivity contribution is 7.93. The Morgan fingerprint density at radius 3 is 2.43 bits per heavy atom. The summed E-state index contributed by atoms with van der Waals surface area (Å²) in [5.74, 6) is -1.17. The van der Waals surface area contributed by atoms with Crippen LogP contribution in [0.3, 0.4) is 0 Å². The van der Waals surface area contributed by atoms with E-state index in [0.29, 0.717) is 21.9 Å². The fraction of sp³-hybridized carbons (Fsp3) is 0.0909. The molecule has 0 aliphatic carbocycles. The van der Waals surface area contributed by atoms with Crippen LogP contribution in [-0.2, 0) is 10.0 Å². The Kier molecular flexibility index (Phi) is 5.05. The predicted molar refractivity (Wildman–Crippen MR) is 118 cm³/mol. The van der Waals surface area contributed by atoms with E-state index in [9.17, 15) is 18.3 Å². The molecule has 1 heterocycles. The largest absolute Gasteiger partial charge is 0.478 e. The molecule has 0 saturated heterocycles. The van der Waals surface area contributed by atoms with Gasteiger partial charge in [0.2, 0.25) is 5.13 Å². The van der Waals surface area contributed by atoms with Gasteiger partial charge in [0, 0.05) is 0 Å². The molecular weight excluding hydrogens is 420 g/mol. The molecule has 0 saturated carbocycles. The first kappa shape index (κ1) is 20.1. The molecule has 8 heteroatoms. The van der Waals surface area contributed by atoms with E-state index in [1.54, 1.807) is 37.3 Å². The molecule has 4 aromatic rings. The lowest BCUT2D eigenvalue weighted by atomic mass is 10.1. The number of anilines is 2. The monoisotopic (exact) mass is 438 g/mol. The number of carboxylic acids is 1. The summed E-state index contributed by atoms with van der Waals surface area (Å²) in [6.07, 6.45) is 0. The molecule has 0 bridgehead atoms. The summed E-state index contributed by atoms with van der Waals surface area (Å²) in [6.45, 7) is 3.59. The van der Waals surface area contributed by atoms with E-state index in [1.807, 2.05) is 25.1 Å². The van der Waals surface area contributed by atoms with Gasteiger partial charge in [0.05, 0.1) is 26.4 Å². The fourth-order valence-electron chi connectivity index (χ4n) is 3.12. The van der Waals surface area contributed by atoms with Gasteiger partial charge in [-0.25, -0.2) is 22.5 Å². The van der Waals surface area contributed by atoms with E-state index < -0.39 is 16.0 Å². The number of nitrogens with zero attached hydrogens (tertiary/aromatic N) is 2. The molecule has 0 radical (unpaired) electrons. The molecule has 3 aromatic carbocycles. The summed E-state index contributed by atoms with van der Waals surface area (Å²) in [6, 6.07) is 18.5. The number of aryl methyl sites for hydroxylation is 2. The number of aromatic carboxylic acids is 1. The quantitative estimate of drug-likeness (QED) is 0.466. The molecule has 0 atom stereocenters. The number of aromatic nitrogens is 1. The SMILES string of the molecule is Cc1ccc2nc(N(c3ccccc3)S(=O)(=O)c3ccc(C)c(C(=O)O)c3)sc2c1. The third-order valence-electron chi connectivity index (χ3n) is 4.67. The van der Waals surface area contributed by atoms with Gasteiger partial charge in [-0.05, 0) is 61.4 Å². The smallest absolute Gasteiger partial charge is 0.335 e. The van der Waals surface area contributed by atoms with Gasteiger partial charge in [0.1, 0.15) is 0 Å². The van der Waals surface area contributed by atoms with Gasteiger partial charge < -0.3 is 5.11 Å². The lowest BCUT2D eigenvalue weighted by Crippen LogP contribution is -2.26. The summed E-state index contributed by atoms with van der Waals surface area (Å²) < 4.78 is 29.4. The second kappa shape index (κ2) is 7.55. The first-order valence-electron chi connectivity index (χ1n) is 9.09. The van der Waals surface area contributed by atoms with Gasteiger partial charge in [-0.2, -0.15) is 0 Å². The molecule has 0 spiro atoms. The number of carboxylic acid groups (broad SMARTS) is 1. The summed E-state index contributed by atoms with van der Waals surface area (Å²) in [7, 11) is -4.12. The van der Waals surface area contributed by atoms with E-state index in [1.165, 1.54) is 33.8 Å². The third kappa shape index (κ3) is 3.55. The van der Waals surface area contributed by atoms with E-state index in [-0.39, 0.29) is 10.5 Å². The van der Waals surface area contributed by atoms with Gasteiger partial charge in [-0.3, -0.25) is 0 Å². The highest BCUT2D eigenvalue weighted by atomic mass is 32.2. The third-order valence-corrected chi connectivity index (χ3v) is 7.51. The summed E-state index contributed by atoms with van der Waals surface area (Å²) in [4.78, 5) is 16.0. The van der Waals surface area contributed by atoms with Crippen molar-refractivity contribution in [3.05, 3.63) is 83.4 Å². The Morgan fingerprint density at radius 1 is 1.00 bits per heavy atom. The maximum absolute atomic E-state index is 13.7. The molecule has 4 rings (SSSR count). The zero-order valence-electron chi connectivity index (χ0n) is 16.2.